The van der Waals surface area contributed by atoms with Crippen molar-refractivity contribution in [2.45, 2.75) is 57.7 Å². The zero-order valence-electron chi connectivity index (χ0n) is 16.8. The largest absolute Gasteiger partial charge is 0.368 e. The minimum absolute atomic E-state index is 0.145. The lowest BCUT2D eigenvalue weighted by Gasteiger charge is -2.37. The Kier molecular flexibility index (Phi) is 6.09. The van der Waals surface area contributed by atoms with Crippen molar-refractivity contribution in [3.8, 4) is 0 Å². The van der Waals surface area contributed by atoms with E-state index in [0.717, 1.165) is 56.5 Å². The number of carbonyl (C=O) groups excluding carboxylic acids is 1. The quantitative estimate of drug-likeness (QED) is 0.595. The maximum Gasteiger partial charge on any atom is 0.251 e. The van der Waals surface area contributed by atoms with Gasteiger partial charge in [0.2, 0.25) is 0 Å². The summed E-state index contributed by atoms with van der Waals surface area (Å²) in [5.41, 5.74) is 0. The molecule has 2 fully saturated rings. The third-order valence-corrected chi connectivity index (χ3v) is 5.90. The van der Waals surface area contributed by atoms with Crippen molar-refractivity contribution in [1.82, 2.24) is 29.9 Å². The van der Waals surface area contributed by atoms with Gasteiger partial charge in [-0.2, -0.15) is 0 Å². The number of aliphatic imine (C=N–C) groups is 1. The minimum atomic E-state index is -0.229. The molecule has 1 amide bonds. The predicted molar refractivity (Wildman–Crippen MR) is 105 cm³/mol. The van der Waals surface area contributed by atoms with Gasteiger partial charge >= 0.3 is 0 Å². The highest BCUT2D eigenvalue weighted by atomic mass is 16.5. The molecule has 4 heterocycles. The van der Waals surface area contributed by atoms with Gasteiger partial charge in [-0.05, 0) is 25.7 Å². The van der Waals surface area contributed by atoms with Crippen LogP contribution in [0.4, 0.5) is 0 Å². The average molecular weight is 390 g/mol. The van der Waals surface area contributed by atoms with E-state index in [1.807, 2.05) is 4.90 Å². The van der Waals surface area contributed by atoms with Gasteiger partial charge in [-0.3, -0.25) is 9.79 Å². The zero-order chi connectivity index (χ0) is 19.3. The fraction of sp³-hybridized carbons (Fsp3) is 0.789. The summed E-state index contributed by atoms with van der Waals surface area (Å²) in [7, 11) is 1.80. The Morgan fingerprint density at radius 1 is 1.11 bits per heavy atom. The Labute approximate surface area is 166 Å². The molecule has 9 nitrogen and oxygen atoms in total. The second kappa shape index (κ2) is 8.89. The molecule has 1 unspecified atom stereocenters. The van der Waals surface area contributed by atoms with Crippen LogP contribution in [0.3, 0.4) is 0 Å². The van der Waals surface area contributed by atoms with Gasteiger partial charge in [0.05, 0.1) is 6.54 Å². The van der Waals surface area contributed by atoms with Crippen LogP contribution in [0.15, 0.2) is 4.99 Å². The molecule has 0 bridgehead atoms. The van der Waals surface area contributed by atoms with Gasteiger partial charge in [-0.25, -0.2) is 0 Å². The number of carbonyl (C=O) groups is 1. The summed E-state index contributed by atoms with van der Waals surface area (Å²) in [5.74, 6) is 3.08. The summed E-state index contributed by atoms with van der Waals surface area (Å²) in [6.45, 7) is 5.29. The SMILES string of the molecule is CN=C(NCc1nnc2n1CCCCC2)N1CCN(C(=O)C2CCCO2)CC1. The van der Waals surface area contributed by atoms with Crippen molar-refractivity contribution in [2.24, 2.45) is 4.99 Å². The molecule has 1 atom stereocenters. The number of aryl methyl sites for hydroxylation is 1. The fourth-order valence-electron chi connectivity index (χ4n) is 4.28. The molecule has 3 aliphatic rings. The van der Waals surface area contributed by atoms with Crippen molar-refractivity contribution in [2.75, 3.05) is 39.8 Å². The standard InChI is InChI=1S/C19H31N7O2/c1-20-19(21-14-17-23-22-16-7-3-2-4-8-26(16)17)25-11-9-24(10-12-25)18(27)15-6-5-13-28-15/h15H,2-14H2,1H3,(H,20,21). The van der Waals surface area contributed by atoms with E-state index in [-0.39, 0.29) is 12.0 Å². The van der Waals surface area contributed by atoms with Crippen molar-refractivity contribution >= 4 is 11.9 Å². The van der Waals surface area contributed by atoms with E-state index < -0.39 is 0 Å². The lowest BCUT2D eigenvalue weighted by Crippen LogP contribution is -2.55. The van der Waals surface area contributed by atoms with Crippen LogP contribution < -0.4 is 5.32 Å². The molecule has 9 heteroatoms. The van der Waals surface area contributed by atoms with Gasteiger partial charge in [0.1, 0.15) is 11.9 Å². The van der Waals surface area contributed by atoms with E-state index in [9.17, 15) is 4.79 Å². The topological polar surface area (TPSA) is 87.9 Å². The monoisotopic (exact) mass is 389 g/mol. The Morgan fingerprint density at radius 2 is 1.93 bits per heavy atom. The highest BCUT2D eigenvalue weighted by Crippen LogP contribution is 2.17. The Morgan fingerprint density at radius 3 is 2.68 bits per heavy atom. The summed E-state index contributed by atoms with van der Waals surface area (Å²) >= 11 is 0. The van der Waals surface area contributed by atoms with Crippen molar-refractivity contribution in [3.63, 3.8) is 0 Å². The van der Waals surface area contributed by atoms with E-state index in [1.165, 1.54) is 19.3 Å². The van der Waals surface area contributed by atoms with Gasteiger partial charge in [0.15, 0.2) is 11.8 Å². The van der Waals surface area contributed by atoms with Crippen LogP contribution in [-0.2, 0) is 29.0 Å². The van der Waals surface area contributed by atoms with E-state index in [2.05, 4.69) is 30.0 Å². The van der Waals surface area contributed by atoms with Crippen LogP contribution >= 0.6 is 0 Å². The number of ether oxygens (including phenoxy) is 1. The highest BCUT2D eigenvalue weighted by molar-refractivity contribution is 5.82. The van der Waals surface area contributed by atoms with E-state index in [0.29, 0.717) is 26.2 Å². The van der Waals surface area contributed by atoms with Gasteiger partial charge in [-0.1, -0.05) is 6.42 Å². The van der Waals surface area contributed by atoms with Crippen LogP contribution in [0, 0.1) is 0 Å². The molecule has 28 heavy (non-hydrogen) atoms. The van der Waals surface area contributed by atoms with Crippen molar-refractivity contribution in [3.05, 3.63) is 11.6 Å². The Hall–Kier alpha value is -2.16. The first kappa shape index (κ1) is 19.2. The van der Waals surface area contributed by atoms with Crippen LogP contribution in [0.5, 0.6) is 0 Å². The molecule has 0 aromatic carbocycles. The van der Waals surface area contributed by atoms with Crippen LogP contribution in [0.2, 0.25) is 0 Å². The predicted octanol–water partition coefficient (Wildman–Crippen LogP) is 0.403. The summed E-state index contributed by atoms with van der Waals surface area (Å²) in [6, 6.07) is 0. The number of hydrogen-bond acceptors (Lipinski definition) is 5. The zero-order valence-corrected chi connectivity index (χ0v) is 16.8. The van der Waals surface area contributed by atoms with Crippen LogP contribution in [0.25, 0.3) is 0 Å². The third-order valence-electron chi connectivity index (χ3n) is 5.90. The summed E-state index contributed by atoms with van der Waals surface area (Å²) in [5, 5.41) is 12.2. The maximum absolute atomic E-state index is 12.5. The number of guanidine groups is 1. The minimum Gasteiger partial charge on any atom is -0.368 e. The lowest BCUT2D eigenvalue weighted by atomic mass is 10.2. The second-order valence-electron chi connectivity index (χ2n) is 7.71. The van der Waals surface area contributed by atoms with Crippen molar-refractivity contribution in [1.29, 1.82) is 0 Å². The van der Waals surface area contributed by atoms with Crippen LogP contribution in [0.1, 0.15) is 43.8 Å². The first-order valence-electron chi connectivity index (χ1n) is 10.5. The molecule has 1 aromatic heterocycles. The summed E-state index contributed by atoms with van der Waals surface area (Å²) < 4.78 is 7.80. The van der Waals surface area contributed by atoms with E-state index in [1.54, 1.807) is 7.05 Å². The first-order chi connectivity index (χ1) is 13.8. The smallest absolute Gasteiger partial charge is 0.251 e. The Bertz CT molecular complexity index is 703. The molecule has 0 radical (unpaired) electrons. The summed E-state index contributed by atoms with van der Waals surface area (Å²) in [6.07, 6.45) is 6.27. The number of aromatic nitrogens is 3. The number of nitrogens with zero attached hydrogens (tertiary/aromatic N) is 6. The molecule has 1 aromatic rings. The molecule has 0 spiro atoms. The van der Waals surface area contributed by atoms with Gasteiger partial charge < -0.3 is 24.4 Å². The normalized spacial score (nSPS) is 23.5. The number of amides is 1. The fourth-order valence-corrected chi connectivity index (χ4v) is 4.28. The molecule has 4 rings (SSSR count). The number of rotatable bonds is 3. The number of hydrogen-bond donors (Lipinski definition) is 1. The second-order valence-corrected chi connectivity index (χ2v) is 7.71. The number of piperazine rings is 1. The maximum atomic E-state index is 12.5. The van der Waals surface area contributed by atoms with Gasteiger partial charge in [-0.15, -0.1) is 10.2 Å². The number of fused-ring (bicyclic) bond motifs is 1. The molecule has 0 saturated carbocycles. The molecule has 2 saturated heterocycles. The Balaban J connectivity index is 1.29. The van der Waals surface area contributed by atoms with Gasteiger partial charge in [0.25, 0.3) is 5.91 Å². The first-order valence-corrected chi connectivity index (χ1v) is 10.5. The molecule has 1 N–H and O–H groups in total. The number of nitrogens with one attached hydrogen (secondary N) is 1. The molecule has 0 aliphatic carbocycles. The summed E-state index contributed by atoms with van der Waals surface area (Å²) in [4.78, 5) is 21.1. The third kappa shape index (κ3) is 4.14. The average Bonchev–Trinajstić information content (AvgIpc) is 3.34. The lowest BCUT2D eigenvalue weighted by molar-refractivity contribution is -0.142. The molecule has 3 aliphatic heterocycles. The van der Waals surface area contributed by atoms with E-state index >= 15 is 0 Å². The molecule has 154 valence electrons. The van der Waals surface area contributed by atoms with Gasteiger partial charge in [0, 0.05) is 52.8 Å². The van der Waals surface area contributed by atoms with Crippen molar-refractivity contribution < 1.29 is 9.53 Å². The molecular weight excluding hydrogens is 358 g/mol. The highest BCUT2D eigenvalue weighted by Gasteiger charge is 2.31. The van der Waals surface area contributed by atoms with E-state index in [4.69, 9.17) is 4.74 Å². The molecular formula is C19H31N7O2. The van der Waals surface area contributed by atoms with Crippen LogP contribution in [-0.4, -0.2) is 82.4 Å².